The van der Waals surface area contributed by atoms with Crippen molar-refractivity contribution in [2.75, 3.05) is 31.6 Å². The number of likely N-dealkylation sites (N-methyl/N-ethyl adjacent to an activating group) is 1. The molecule has 0 aromatic heterocycles. The monoisotopic (exact) mass is 264 g/mol. The van der Waals surface area contributed by atoms with Crippen LogP contribution in [0.3, 0.4) is 0 Å². The lowest BCUT2D eigenvalue weighted by molar-refractivity contribution is -0.0192. The molecule has 2 heterocycles. The summed E-state index contributed by atoms with van der Waals surface area (Å²) in [5.41, 5.74) is 1.13. The van der Waals surface area contributed by atoms with Crippen LogP contribution in [0.25, 0.3) is 0 Å². The van der Waals surface area contributed by atoms with E-state index in [4.69, 9.17) is 4.74 Å². The summed E-state index contributed by atoms with van der Waals surface area (Å²) >= 11 is 0. The van der Waals surface area contributed by atoms with Gasteiger partial charge in [-0.25, -0.2) is 4.39 Å². The van der Waals surface area contributed by atoms with Gasteiger partial charge in [0.25, 0.3) is 0 Å². The fourth-order valence-electron chi connectivity index (χ4n) is 3.19. The summed E-state index contributed by atoms with van der Waals surface area (Å²) in [7, 11) is 2.07. The van der Waals surface area contributed by atoms with E-state index in [0.29, 0.717) is 6.04 Å². The Morgan fingerprint density at radius 2 is 1.95 bits per heavy atom. The molecule has 104 valence electrons. The summed E-state index contributed by atoms with van der Waals surface area (Å²) in [5, 5.41) is 3.38. The molecule has 2 aliphatic rings. The molecule has 4 heteroatoms. The predicted octanol–water partition coefficient (Wildman–Crippen LogP) is 2.17. The lowest BCUT2D eigenvalue weighted by atomic mass is 9.88. The van der Waals surface area contributed by atoms with E-state index < -0.39 is 0 Å². The minimum Gasteiger partial charge on any atom is -0.373 e. The molecule has 2 fully saturated rings. The topological polar surface area (TPSA) is 24.5 Å². The van der Waals surface area contributed by atoms with Gasteiger partial charge in [0, 0.05) is 12.7 Å². The van der Waals surface area contributed by atoms with Crippen molar-refractivity contribution in [1.82, 2.24) is 5.32 Å². The average Bonchev–Trinajstić information content (AvgIpc) is 2.83. The molecule has 2 saturated heterocycles. The zero-order chi connectivity index (χ0) is 13.3. The van der Waals surface area contributed by atoms with Crippen LogP contribution in [0.5, 0.6) is 0 Å². The summed E-state index contributed by atoms with van der Waals surface area (Å²) in [6.45, 7) is 2.87. The standard InChI is InChI=1S/C15H21FN2O/c1-18(13-4-2-12(16)3-5-13)14-10-15(19-11-14)6-8-17-9-7-15/h2-5,14,17H,6-11H2,1H3/t14-/m0/s1. The van der Waals surface area contributed by atoms with Crippen molar-refractivity contribution in [1.29, 1.82) is 0 Å². The van der Waals surface area contributed by atoms with E-state index in [9.17, 15) is 4.39 Å². The minimum atomic E-state index is -0.186. The maximum atomic E-state index is 13.0. The molecule has 2 aliphatic heterocycles. The molecule has 0 amide bonds. The van der Waals surface area contributed by atoms with E-state index in [1.165, 1.54) is 12.1 Å². The van der Waals surface area contributed by atoms with Gasteiger partial charge < -0.3 is 15.0 Å². The van der Waals surface area contributed by atoms with E-state index >= 15 is 0 Å². The van der Waals surface area contributed by atoms with Crippen LogP contribution in [-0.4, -0.2) is 38.4 Å². The van der Waals surface area contributed by atoms with Crippen LogP contribution in [0.1, 0.15) is 19.3 Å². The molecule has 19 heavy (non-hydrogen) atoms. The Hall–Kier alpha value is -1.13. The van der Waals surface area contributed by atoms with Gasteiger partial charge in [-0.3, -0.25) is 0 Å². The van der Waals surface area contributed by atoms with Crippen LogP contribution in [0, 0.1) is 5.82 Å². The lowest BCUT2D eigenvalue weighted by Crippen LogP contribution is -2.42. The molecule has 1 aromatic rings. The molecule has 3 rings (SSSR count). The van der Waals surface area contributed by atoms with Gasteiger partial charge in [0.2, 0.25) is 0 Å². The number of hydrogen-bond acceptors (Lipinski definition) is 3. The van der Waals surface area contributed by atoms with Gasteiger partial charge >= 0.3 is 0 Å². The Labute approximate surface area is 113 Å². The van der Waals surface area contributed by atoms with E-state index in [1.807, 2.05) is 12.1 Å². The van der Waals surface area contributed by atoms with Crippen LogP contribution < -0.4 is 10.2 Å². The highest BCUT2D eigenvalue weighted by molar-refractivity contribution is 5.46. The molecule has 3 nitrogen and oxygen atoms in total. The highest BCUT2D eigenvalue weighted by Crippen LogP contribution is 2.36. The van der Waals surface area contributed by atoms with E-state index in [-0.39, 0.29) is 11.4 Å². The SMILES string of the molecule is CN(c1ccc(F)cc1)[C@@H]1COC2(CCNCC2)C1. The number of nitrogens with one attached hydrogen (secondary N) is 1. The third kappa shape index (κ3) is 2.60. The highest BCUT2D eigenvalue weighted by atomic mass is 19.1. The van der Waals surface area contributed by atoms with Gasteiger partial charge in [0.05, 0.1) is 18.2 Å². The smallest absolute Gasteiger partial charge is 0.123 e. The summed E-state index contributed by atoms with van der Waals surface area (Å²) < 4.78 is 19.1. The summed E-state index contributed by atoms with van der Waals surface area (Å²) in [4.78, 5) is 2.22. The third-order valence-corrected chi connectivity index (χ3v) is 4.49. The quantitative estimate of drug-likeness (QED) is 0.886. The summed E-state index contributed by atoms with van der Waals surface area (Å²) in [6, 6.07) is 7.10. The maximum absolute atomic E-state index is 13.0. The Kier molecular flexibility index (Phi) is 3.46. The molecule has 0 unspecified atom stereocenters. The number of hydrogen-bond donors (Lipinski definition) is 1. The molecule has 1 spiro atoms. The molecular formula is C15H21FN2O. The van der Waals surface area contributed by atoms with Crippen LogP contribution in [-0.2, 0) is 4.74 Å². The van der Waals surface area contributed by atoms with Crippen LogP contribution in [0.2, 0.25) is 0 Å². The van der Waals surface area contributed by atoms with E-state index in [2.05, 4.69) is 17.3 Å². The fourth-order valence-corrected chi connectivity index (χ4v) is 3.19. The van der Waals surface area contributed by atoms with Crippen molar-refractivity contribution in [2.45, 2.75) is 30.9 Å². The number of benzene rings is 1. The molecule has 1 atom stereocenters. The molecule has 0 aliphatic carbocycles. The fraction of sp³-hybridized carbons (Fsp3) is 0.600. The second-order valence-corrected chi connectivity index (χ2v) is 5.69. The Balaban J connectivity index is 1.68. The van der Waals surface area contributed by atoms with Crippen molar-refractivity contribution >= 4 is 5.69 Å². The Morgan fingerprint density at radius 3 is 2.63 bits per heavy atom. The van der Waals surface area contributed by atoms with E-state index in [1.54, 1.807) is 0 Å². The molecular weight excluding hydrogens is 243 g/mol. The van der Waals surface area contributed by atoms with Crippen molar-refractivity contribution < 1.29 is 9.13 Å². The predicted molar refractivity (Wildman–Crippen MR) is 74.0 cm³/mol. The molecule has 1 aromatic carbocycles. The van der Waals surface area contributed by atoms with Crippen molar-refractivity contribution in [3.63, 3.8) is 0 Å². The maximum Gasteiger partial charge on any atom is 0.123 e. The van der Waals surface area contributed by atoms with Crippen LogP contribution in [0.4, 0.5) is 10.1 Å². The van der Waals surface area contributed by atoms with Gasteiger partial charge in [-0.15, -0.1) is 0 Å². The number of piperidine rings is 1. The van der Waals surface area contributed by atoms with Crippen molar-refractivity contribution in [3.05, 3.63) is 30.1 Å². The van der Waals surface area contributed by atoms with Crippen LogP contribution in [0.15, 0.2) is 24.3 Å². The molecule has 0 bridgehead atoms. The third-order valence-electron chi connectivity index (χ3n) is 4.49. The first-order chi connectivity index (χ1) is 9.19. The Morgan fingerprint density at radius 1 is 1.26 bits per heavy atom. The average molecular weight is 264 g/mol. The Bertz CT molecular complexity index is 428. The van der Waals surface area contributed by atoms with Crippen molar-refractivity contribution in [3.8, 4) is 0 Å². The summed E-state index contributed by atoms with van der Waals surface area (Å²) in [5.74, 6) is -0.186. The number of anilines is 1. The molecule has 0 saturated carbocycles. The number of rotatable bonds is 2. The second-order valence-electron chi connectivity index (χ2n) is 5.69. The highest BCUT2D eigenvalue weighted by Gasteiger charge is 2.42. The lowest BCUT2D eigenvalue weighted by Gasteiger charge is -2.33. The second kappa shape index (κ2) is 5.10. The number of nitrogens with zero attached hydrogens (tertiary/aromatic N) is 1. The van der Waals surface area contributed by atoms with Gasteiger partial charge in [0.15, 0.2) is 0 Å². The largest absolute Gasteiger partial charge is 0.373 e. The number of ether oxygens (including phenoxy) is 1. The number of halogens is 1. The van der Waals surface area contributed by atoms with Gasteiger partial charge in [-0.1, -0.05) is 0 Å². The van der Waals surface area contributed by atoms with Crippen molar-refractivity contribution in [2.24, 2.45) is 0 Å². The first kappa shape index (κ1) is 12.9. The molecule has 0 radical (unpaired) electrons. The summed E-state index contributed by atoms with van der Waals surface area (Å²) in [6.07, 6.45) is 3.27. The first-order valence-electron chi connectivity index (χ1n) is 7.02. The van der Waals surface area contributed by atoms with E-state index in [0.717, 1.165) is 44.6 Å². The normalized spacial score (nSPS) is 25.7. The van der Waals surface area contributed by atoms with Gasteiger partial charge in [-0.2, -0.15) is 0 Å². The van der Waals surface area contributed by atoms with Gasteiger partial charge in [-0.05, 0) is 56.6 Å². The molecule has 1 N–H and O–H groups in total. The zero-order valence-electron chi connectivity index (χ0n) is 11.4. The van der Waals surface area contributed by atoms with Gasteiger partial charge in [0.1, 0.15) is 5.82 Å². The minimum absolute atomic E-state index is 0.0736. The zero-order valence-corrected chi connectivity index (χ0v) is 11.4. The van der Waals surface area contributed by atoms with Crippen LogP contribution >= 0.6 is 0 Å². The first-order valence-corrected chi connectivity index (χ1v) is 7.02.